The molecule has 0 atom stereocenters. The van der Waals surface area contributed by atoms with Gasteiger partial charge in [0.25, 0.3) is 0 Å². The van der Waals surface area contributed by atoms with E-state index in [0.29, 0.717) is 0 Å². The third-order valence-corrected chi connectivity index (χ3v) is 2.41. The highest BCUT2D eigenvalue weighted by Crippen LogP contribution is 2.27. The lowest BCUT2D eigenvalue weighted by atomic mass is 10.3. The number of rotatable bonds is 1. The van der Waals surface area contributed by atoms with Crippen LogP contribution in [0, 0.1) is 0 Å². The first kappa shape index (κ1) is 15.0. The van der Waals surface area contributed by atoms with Crippen LogP contribution in [0.25, 0.3) is 0 Å². The molecule has 0 N–H and O–H groups in total. The van der Waals surface area contributed by atoms with Crippen LogP contribution in [0.4, 0.5) is 0 Å². The van der Waals surface area contributed by atoms with Gasteiger partial charge in [-0.25, -0.2) is 0 Å². The van der Waals surface area contributed by atoms with Crippen LogP contribution in [-0.4, -0.2) is 12.9 Å². The Hall–Kier alpha value is -2.09. The minimum Gasteiger partial charge on any atom is -0.497 e. The lowest BCUT2D eigenvalue weighted by molar-refractivity contribution is -0.114. The summed E-state index contributed by atoms with van der Waals surface area (Å²) >= 11 is 0. The molecule has 2 heteroatoms. The van der Waals surface area contributed by atoms with Gasteiger partial charge in [-0.2, -0.15) is 0 Å². The van der Waals surface area contributed by atoms with Gasteiger partial charge < -0.3 is 9.53 Å². The van der Waals surface area contributed by atoms with E-state index in [4.69, 9.17) is 4.74 Å². The van der Waals surface area contributed by atoms with E-state index in [1.807, 2.05) is 30.3 Å². The molecule has 0 saturated heterocycles. The maximum atomic E-state index is 9.44. The largest absolute Gasteiger partial charge is 0.497 e. The van der Waals surface area contributed by atoms with Crippen molar-refractivity contribution in [2.24, 2.45) is 0 Å². The van der Waals surface area contributed by atoms with Crippen LogP contribution in [0.1, 0.15) is 20.3 Å². The second kappa shape index (κ2) is 8.09. The Kier molecular flexibility index (Phi) is 6.37. The Bertz CT molecular complexity index is 469. The van der Waals surface area contributed by atoms with Crippen LogP contribution in [0.5, 0.6) is 5.75 Å². The summed E-state index contributed by atoms with van der Waals surface area (Å²) in [5.41, 5.74) is 2.94. The maximum Gasteiger partial charge on any atom is 0.126 e. The van der Waals surface area contributed by atoms with Gasteiger partial charge in [-0.3, -0.25) is 0 Å². The fourth-order valence-electron chi connectivity index (χ4n) is 1.57. The number of fused-ring (bicyclic) bond motifs is 2. The summed E-state index contributed by atoms with van der Waals surface area (Å²) in [5, 5.41) is 0. The molecule has 1 aromatic rings. The molecule has 0 aromatic heterocycles. The highest BCUT2D eigenvalue weighted by molar-refractivity contribution is 5.72. The lowest BCUT2D eigenvalue weighted by Crippen LogP contribution is -1.78. The molecular weight excluding hydrogens is 236 g/mol. The molecule has 0 spiro atoms. The molecule has 0 heterocycles. The van der Waals surface area contributed by atoms with Crippen molar-refractivity contribution in [3.05, 3.63) is 65.8 Å². The van der Waals surface area contributed by atoms with Gasteiger partial charge >= 0.3 is 0 Å². The lowest BCUT2D eigenvalue weighted by Gasteiger charge is -1.93. The summed E-state index contributed by atoms with van der Waals surface area (Å²) < 4.78 is 4.91. The van der Waals surface area contributed by atoms with Gasteiger partial charge in [-0.15, -0.1) is 0 Å². The fourth-order valence-corrected chi connectivity index (χ4v) is 1.57. The Morgan fingerprint density at radius 1 is 1.00 bits per heavy atom. The average Bonchev–Trinajstić information content (AvgIpc) is 3.04. The zero-order chi connectivity index (χ0) is 14.1. The van der Waals surface area contributed by atoms with Crippen molar-refractivity contribution in [2.75, 3.05) is 7.11 Å². The van der Waals surface area contributed by atoms with E-state index >= 15 is 0 Å². The van der Waals surface area contributed by atoms with Crippen LogP contribution in [0.2, 0.25) is 0 Å². The second-order valence-electron chi connectivity index (χ2n) is 4.42. The summed E-state index contributed by atoms with van der Waals surface area (Å²) in [5.74, 6) is 1.08. The number of benzene rings is 1. The van der Waals surface area contributed by atoms with Crippen molar-refractivity contribution in [3.63, 3.8) is 0 Å². The summed E-state index contributed by atoms with van der Waals surface area (Å²) in [7, 11) is 1.66. The second-order valence-corrected chi connectivity index (χ2v) is 4.42. The van der Waals surface area contributed by atoms with Crippen molar-refractivity contribution >= 4 is 5.78 Å². The predicted octanol–water partition coefficient (Wildman–Crippen LogP) is 4.10. The van der Waals surface area contributed by atoms with Gasteiger partial charge in [0, 0.05) is 0 Å². The first-order chi connectivity index (χ1) is 9.11. The molecule has 2 aliphatic rings. The van der Waals surface area contributed by atoms with Crippen molar-refractivity contribution in [3.8, 4) is 5.75 Å². The van der Waals surface area contributed by atoms with Crippen LogP contribution in [0.3, 0.4) is 0 Å². The quantitative estimate of drug-likeness (QED) is 0.756. The third kappa shape index (κ3) is 6.41. The minimum absolute atomic E-state index is 0.167. The molecule has 0 unspecified atom stereocenters. The van der Waals surface area contributed by atoms with Gasteiger partial charge in [0.15, 0.2) is 0 Å². The van der Waals surface area contributed by atoms with E-state index in [1.165, 1.54) is 31.4 Å². The van der Waals surface area contributed by atoms with E-state index in [1.54, 1.807) is 7.11 Å². The highest BCUT2D eigenvalue weighted by atomic mass is 16.5. The monoisotopic (exact) mass is 256 g/mol. The molecule has 2 aliphatic carbocycles. The standard InChI is InChI=1S/C7H8O.C7H6.C3H6O/c1-8-7-5-3-2-4-6-7;1-2-7-4-3-6(1)5-7;1-3(2)4/h2-6H,1H3;1-4H,5H2;1-2H3. The minimum atomic E-state index is 0.167. The molecule has 19 heavy (non-hydrogen) atoms. The molecule has 0 fully saturated rings. The van der Waals surface area contributed by atoms with Crippen molar-refractivity contribution in [2.45, 2.75) is 20.3 Å². The van der Waals surface area contributed by atoms with Crippen LogP contribution >= 0.6 is 0 Å². The van der Waals surface area contributed by atoms with Crippen LogP contribution in [-0.2, 0) is 4.79 Å². The molecule has 3 rings (SSSR count). The van der Waals surface area contributed by atoms with E-state index in [0.717, 1.165) is 5.75 Å². The number of carbonyl (C=O) groups excluding carboxylic acids is 1. The molecular formula is C17H20O2. The molecule has 100 valence electrons. The van der Waals surface area contributed by atoms with Crippen molar-refractivity contribution in [1.29, 1.82) is 0 Å². The average molecular weight is 256 g/mol. The smallest absolute Gasteiger partial charge is 0.126 e. The van der Waals surface area contributed by atoms with E-state index in [-0.39, 0.29) is 5.78 Å². The number of hydrogen-bond acceptors (Lipinski definition) is 2. The van der Waals surface area contributed by atoms with E-state index in [9.17, 15) is 4.79 Å². The molecule has 2 nitrogen and oxygen atoms in total. The van der Waals surface area contributed by atoms with E-state index in [2.05, 4.69) is 24.3 Å². The number of hydrogen-bond donors (Lipinski definition) is 0. The number of Topliss-reactive ketones (excluding diaryl/α,β-unsaturated/α-hetero) is 1. The highest BCUT2D eigenvalue weighted by Gasteiger charge is 2.07. The number of ketones is 1. The van der Waals surface area contributed by atoms with Gasteiger partial charge in [-0.1, -0.05) is 42.5 Å². The Morgan fingerprint density at radius 2 is 1.47 bits per heavy atom. The van der Waals surface area contributed by atoms with Gasteiger partial charge in [0.1, 0.15) is 11.5 Å². The number of para-hydroxylation sites is 1. The zero-order valence-electron chi connectivity index (χ0n) is 11.7. The fraction of sp³-hybridized carbons (Fsp3) is 0.235. The van der Waals surface area contributed by atoms with Gasteiger partial charge in [0.2, 0.25) is 0 Å². The van der Waals surface area contributed by atoms with Crippen molar-refractivity contribution < 1.29 is 9.53 Å². The molecule has 1 aromatic carbocycles. The van der Waals surface area contributed by atoms with Crippen molar-refractivity contribution in [1.82, 2.24) is 0 Å². The number of allylic oxidation sites excluding steroid dienone is 6. The summed E-state index contributed by atoms with van der Waals surface area (Å²) in [6, 6.07) is 9.68. The predicted molar refractivity (Wildman–Crippen MR) is 79.3 cm³/mol. The zero-order valence-corrected chi connectivity index (χ0v) is 11.7. The Labute approximate surface area is 115 Å². The number of methoxy groups -OCH3 is 1. The normalized spacial score (nSPS) is 13.4. The first-order valence-electron chi connectivity index (χ1n) is 6.26. The molecule has 0 saturated carbocycles. The van der Waals surface area contributed by atoms with Gasteiger partial charge in [-0.05, 0) is 43.5 Å². The van der Waals surface area contributed by atoms with Crippen LogP contribution < -0.4 is 4.74 Å². The molecule has 0 amide bonds. The van der Waals surface area contributed by atoms with Gasteiger partial charge in [0.05, 0.1) is 7.11 Å². The maximum absolute atomic E-state index is 9.44. The molecule has 0 aliphatic heterocycles. The summed E-state index contributed by atoms with van der Waals surface area (Å²) in [4.78, 5) is 9.44. The summed E-state index contributed by atoms with van der Waals surface area (Å²) in [6.45, 7) is 3.06. The topological polar surface area (TPSA) is 26.3 Å². The first-order valence-corrected chi connectivity index (χ1v) is 6.26. The van der Waals surface area contributed by atoms with E-state index < -0.39 is 0 Å². The number of carbonyl (C=O) groups is 1. The molecule has 2 bridgehead atoms. The number of ether oxygens (including phenoxy) is 1. The molecule has 0 radical (unpaired) electrons. The van der Waals surface area contributed by atoms with Crippen LogP contribution in [0.15, 0.2) is 65.8 Å². The Morgan fingerprint density at radius 3 is 1.68 bits per heavy atom. The third-order valence-electron chi connectivity index (χ3n) is 2.41. The SMILES string of the molecule is C1=CC2=CC=C1C2.CC(C)=O.COc1ccccc1. The summed E-state index contributed by atoms with van der Waals surface area (Å²) in [6.07, 6.45) is 9.90. The Balaban J connectivity index is 0.000000151.